The second kappa shape index (κ2) is 11.9. The number of fused-ring (bicyclic) bond motifs is 1. The molecule has 0 radical (unpaired) electrons. The van der Waals surface area contributed by atoms with Gasteiger partial charge in [-0.1, -0.05) is 66.7 Å². The van der Waals surface area contributed by atoms with Gasteiger partial charge in [-0.2, -0.15) is 17.9 Å². The Morgan fingerprint density at radius 2 is 1.70 bits per heavy atom. The molecular formula is C31H30F3N7O2. The summed E-state index contributed by atoms with van der Waals surface area (Å²) in [4.78, 5) is 16.2. The van der Waals surface area contributed by atoms with Crippen molar-refractivity contribution in [2.45, 2.75) is 37.1 Å². The second-order valence-corrected chi connectivity index (χ2v) is 10.7. The summed E-state index contributed by atoms with van der Waals surface area (Å²) in [6.45, 7) is 1.41. The average Bonchev–Trinajstić information content (AvgIpc) is 3.68. The molecule has 0 bridgehead atoms. The first kappa shape index (κ1) is 28.4. The summed E-state index contributed by atoms with van der Waals surface area (Å²) in [7, 11) is 0. The minimum absolute atomic E-state index is 0.0722. The van der Waals surface area contributed by atoms with Gasteiger partial charge >= 0.3 is 6.18 Å². The van der Waals surface area contributed by atoms with Crippen LogP contribution >= 0.6 is 0 Å². The van der Waals surface area contributed by atoms with Crippen molar-refractivity contribution in [1.82, 2.24) is 30.0 Å². The maximum atomic E-state index is 13.6. The monoisotopic (exact) mass is 589 g/mol. The molecule has 2 aliphatic heterocycles. The van der Waals surface area contributed by atoms with Crippen LogP contribution in [0.2, 0.25) is 0 Å². The van der Waals surface area contributed by atoms with Gasteiger partial charge in [0.25, 0.3) is 11.7 Å². The Labute approximate surface area is 246 Å². The van der Waals surface area contributed by atoms with Gasteiger partial charge in [0.1, 0.15) is 5.75 Å². The van der Waals surface area contributed by atoms with Crippen LogP contribution in [0.1, 0.15) is 34.9 Å². The number of tetrazole rings is 1. The lowest BCUT2D eigenvalue weighted by Crippen LogP contribution is -2.56. The van der Waals surface area contributed by atoms with Crippen molar-refractivity contribution in [2.75, 3.05) is 19.7 Å². The maximum Gasteiger partial charge on any atom is 0.453 e. The highest BCUT2D eigenvalue weighted by atomic mass is 19.4. The number of carbonyl (C=O) groups excluding carboxylic acids is 1. The molecule has 2 atom stereocenters. The van der Waals surface area contributed by atoms with E-state index in [1.54, 1.807) is 6.07 Å². The molecule has 222 valence electrons. The van der Waals surface area contributed by atoms with Crippen molar-refractivity contribution >= 4 is 5.91 Å². The van der Waals surface area contributed by atoms with E-state index in [0.29, 0.717) is 29.1 Å². The molecule has 43 heavy (non-hydrogen) atoms. The molecule has 3 aromatic carbocycles. The number of piperazine rings is 1. The number of benzene rings is 3. The van der Waals surface area contributed by atoms with Crippen molar-refractivity contribution in [3.8, 4) is 11.4 Å². The summed E-state index contributed by atoms with van der Waals surface area (Å²) in [5.41, 5.74) is 8.45. The lowest BCUT2D eigenvalue weighted by molar-refractivity contribution is -0.146. The number of ether oxygens (including phenoxy) is 1. The summed E-state index contributed by atoms with van der Waals surface area (Å²) >= 11 is 0. The molecule has 1 fully saturated rings. The molecule has 0 aliphatic carbocycles. The van der Waals surface area contributed by atoms with Gasteiger partial charge in [-0.05, 0) is 52.4 Å². The Hall–Kier alpha value is -4.71. The molecule has 0 saturated carbocycles. The number of aromatic nitrogens is 4. The van der Waals surface area contributed by atoms with Gasteiger partial charge in [0.2, 0.25) is 0 Å². The Bertz CT molecular complexity index is 1550. The van der Waals surface area contributed by atoms with E-state index in [1.807, 2.05) is 36.4 Å². The number of carbonyl (C=O) groups is 1. The van der Waals surface area contributed by atoms with Crippen LogP contribution in [-0.2, 0) is 17.5 Å². The van der Waals surface area contributed by atoms with E-state index < -0.39 is 17.9 Å². The Morgan fingerprint density at radius 1 is 1.00 bits per heavy atom. The molecule has 2 aliphatic rings. The van der Waals surface area contributed by atoms with E-state index in [4.69, 9.17) is 10.5 Å². The Kier molecular flexibility index (Phi) is 7.85. The standard InChI is InChI=1S/C31H30F3N7O2/c32-31(33,34)30-36-37-38-41(30)24-13-14-27(43-20-28(35)42)23(16-24)17-39-18-25-12-7-15-40(25)26(19-39)29(21-8-3-1-4-9-21)22-10-5-2-6-11-22/h1-11,13-16,25-26,29H,12,17-20H2,(H2,35,42)/t25-,26-/m0/s1. The summed E-state index contributed by atoms with van der Waals surface area (Å²) in [6.07, 6.45) is 0.512. The van der Waals surface area contributed by atoms with Gasteiger partial charge < -0.3 is 15.4 Å². The third kappa shape index (κ3) is 6.09. The van der Waals surface area contributed by atoms with E-state index in [9.17, 15) is 18.0 Å². The van der Waals surface area contributed by atoms with Crippen LogP contribution < -0.4 is 10.5 Å². The highest BCUT2D eigenvalue weighted by Gasteiger charge is 2.40. The van der Waals surface area contributed by atoms with E-state index in [-0.39, 0.29) is 30.3 Å². The number of amides is 1. The van der Waals surface area contributed by atoms with Crippen LogP contribution in [0.5, 0.6) is 5.75 Å². The van der Waals surface area contributed by atoms with Crippen molar-refractivity contribution in [3.05, 3.63) is 114 Å². The zero-order valence-corrected chi connectivity index (χ0v) is 23.1. The number of hydrogen-bond acceptors (Lipinski definition) is 7. The van der Waals surface area contributed by atoms with Gasteiger partial charge in [-0.3, -0.25) is 9.69 Å². The zero-order valence-electron chi connectivity index (χ0n) is 23.1. The molecule has 0 unspecified atom stereocenters. The topological polar surface area (TPSA) is 102 Å². The number of primary amides is 1. The summed E-state index contributed by atoms with van der Waals surface area (Å²) < 4.78 is 47.1. The SMILES string of the molecule is NC(=O)COc1ccc(-n2nnnc2C(F)(F)F)cc1CN1C[C@@H]2CC=CN2[C@H](C(c2ccccc2)c2ccccc2)C1. The highest BCUT2D eigenvalue weighted by molar-refractivity contribution is 5.75. The number of rotatable bonds is 9. The predicted molar refractivity (Wildman–Crippen MR) is 152 cm³/mol. The maximum absolute atomic E-state index is 13.6. The normalized spacial score (nSPS) is 18.7. The van der Waals surface area contributed by atoms with E-state index in [1.165, 1.54) is 23.3 Å². The van der Waals surface area contributed by atoms with E-state index in [2.05, 4.69) is 61.9 Å². The molecule has 1 aromatic heterocycles. The van der Waals surface area contributed by atoms with Crippen LogP contribution in [-0.4, -0.2) is 67.7 Å². The van der Waals surface area contributed by atoms with Crippen molar-refractivity contribution in [3.63, 3.8) is 0 Å². The minimum atomic E-state index is -4.74. The third-order valence-electron chi connectivity index (χ3n) is 7.88. The first-order valence-electron chi connectivity index (χ1n) is 13.9. The van der Waals surface area contributed by atoms with Crippen LogP contribution in [0, 0.1) is 0 Å². The van der Waals surface area contributed by atoms with Crippen molar-refractivity contribution in [2.24, 2.45) is 5.73 Å². The van der Waals surface area contributed by atoms with E-state index >= 15 is 0 Å². The number of hydrogen-bond donors (Lipinski definition) is 1. The molecule has 4 aromatic rings. The van der Waals surface area contributed by atoms with Gasteiger partial charge in [-0.15, -0.1) is 5.10 Å². The zero-order chi connectivity index (χ0) is 30.0. The molecule has 9 nitrogen and oxygen atoms in total. The number of halogens is 3. The summed E-state index contributed by atoms with van der Waals surface area (Å²) in [6, 6.07) is 25.6. The van der Waals surface area contributed by atoms with Crippen LogP contribution in [0.15, 0.2) is 91.1 Å². The van der Waals surface area contributed by atoms with Crippen LogP contribution in [0.25, 0.3) is 5.69 Å². The second-order valence-electron chi connectivity index (χ2n) is 10.7. The van der Waals surface area contributed by atoms with Crippen molar-refractivity contribution in [1.29, 1.82) is 0 Å². The van der Waals surface area contributed by atoms with E-state index in [0.717, 1.165) is 13.0 Å². The Balaban J connectivity index is 1.36. The average molecular weight is 590 g/mol. The summed E-state index contributed by atoms with van der Waals surface area (Å²) in [5, 5.41) is 10.0. The molecule has 1 amide bonds. The Morgan fingerprint density at radius 3 is 2.35 bits per heavy atom. The van der Waals surface area contributed by atoms with Gasteiger partial charge in [0, 0.05) is 37.2 Å². The summed E-state index contributed by atoms with van der Waals surface area (Å²) in [5.74, 6) is -1.46. The molecule has 2 N–H and O–H groups in total. The highest BCUT2D eigenvalue weighted by Crippen LogP contribution is 2.38. The van der Waals surface area contributed by atoms with Crippen molar-refractivity contribution < 1.29 is 22.7 Å². The quantitative estimate of drug-likeness (QED) is 0.313. The number of nitrogens with zero attached hydrogens (tertiary/aromatic N) is 6. The number of nitrogens with two attached hydrogens (primary N) is 1. The smallest absolute Gasteiger partial charge is 0.453 e. The molecule has 3 heterocycles. The van der Waals surface area contributed by atoms with Gasteiger partial charge in [0.15, 0.2) is 6.61 Å². The minimum Gasteiger partial charge on any atom is -0.483 e. The van der Waals surface area contributed by atoms with Gasteiger partial charge in [-0.25, -0.2) is 0 Å². The molecule has 12 heteroatoms. The fourth-order valence-electron chi connectivity index (χ4n) is 6.12. The lowest BCUT2D eigenvalue weighted by atomic mass is 9.82. The fraction of sp³-hybridized carbons (Fsp3) is 0.290. The number of alkyl halides is 3. The first-order valence-corrected chi connectivity index (χ1v) is 13.9. The van der Waals surface area contributed by atoms with Crippen LogP contribution in [0.3, 0.4) is 0 Å². The molecule has 6 rings (SSSR count). The largest absolute Gasteiger partial charge is 0.483 e. The molecular weight excluding hydrogens is 559 g/mol. The molecule has 1 saturated heterocycles. The van der Waals surface area contributed by atoms with Gasteiger partial charge in [0.05, 0.1) is 11.7 Å². The third-order valence-corrected chi connectivity index (χ3v) is 7.88. The van der Waals surface area contributed by atoms with Crippen LogP contribution in [0.4, 0.5) is 13.2 Å². The molecule has 0 spiro atoms. The lowest BCUT2D eigenvalue weighted by Gasteiger charge is -2.47. The first-order chi connectivity index (χ1) is 20.8. The fourth-order valence-corrected chi connectivity index (χ4v) is 6.12. The predicted octanol–water partition coefficient (Wildman–Crippen LogP) is 4.15.